The zero-order chi connectivity index (χ0) is 29.0. The fraction of sp³-hybridized carbons (Fsp3) is 0.562. The maximum atomic E-state index is 13.2. The molecule has 0 spiro atoms. The van der Waals surface area contributed by atoms with Crippen LogP contribution >= 0.6 is 0 Å². The number of aliphatic hydroxyl groups excluding tert-OH is 2. The van der Waals surface area contributed by atoms with Crippen molar-refractivity contribution in [3.8, 4) is 11.5 Å². The molecule has 2 aliphatic carbocycles. The second-order valence-electron chi connectivity index (χ2n) is 12.2. The Balaban J connectivity index is 1.23. The second kappa shape index (κ2) is 12.4. The molecule has 2 aromatic rings. The van der Waals surface area contributed by atoms with Crippen molar-refractivity contribution in [3.63, 3.8) is 0 Å². The van der Waals surface area contributed by atoms with Crippen molar-refractivity contribution in [2.75, 3.05) is 38.2 Å². The van der Waals surface area contributed by atoms with Crippen LogP contribution in [0.25, 0.3) is 0 Å². The number of nitrogens with zero attached hydrogens (tertiary/aromatic N) is 1. The van der Waals surface area contributed by atoms with Crippen LogP contribution in [0, 0.1) is 22.7 Å². The number of anilines is 1. The molecule has 3 aliphatic rings. The van der Waals surface area contributed by atoms with Crippen molar-refractivity contribution in [3.05, 3.63) is 54.6 Å². The van der Waals surface area contributed by atoms with Crippen molar-refractivity contribution in [1.82, 2.24) is 4.90 Å². The number of amides is 2. The quantitative estimate of drug-likeness (QED) is 0.439. The number of benzene rings is 2. The summed E-state index contributed by atoms with van der Waals surface area (Å²) >= 11 is 0. The molecule has 222 valence electrons. The fourth-order valence-corrected chi connectivity index (χ4v) is 7.42. The highest BCUT2D eigenvalue weighted by molar-refractivity contribution is 5.84. The predicted molar refractivity (Wildman–Crippen MR) is 154 cm³/mol. The lowest BCUT2D eigenvalue weighted by Gasteiger charge is -2.60. The van der Waals surface area contributed by atoms with Crippen LogP contribution in [-0.2, 0) is 14.3 Å². The molecule has 1 aliphatic heterocycles. The molecule has 0 bridgehead atoms. The molecule has 0 aromatic heterocycles. The first-order valence-electron chi connectivity index (χ1n) is 14.7. The van der Waals surface area contributed by atoms with E-state index in [9.17, 15) is 19.8 Å². The van der Waals surface area contributed by atoms with E-state index in [0.29, 0.717) is 63.4 Å². The average molecular weight is 567 g/mol. The molecule has 5 rings (SSSR count). The molecule has 1 saturated heterocycles. The van der Waals surface area contributed by atoms with Gasteiger partial charge in [0.2, 0.25) is 5.91 Å². The van der Waals surface area contributed by atoms with Crippen LogP contribution < -0.4 is 10.1 Å². The van der Waals surface area contributed by atoms with Gasteiger partial charge in [-0.3, -0.25) is 10.1 Å². The van der Waals surface area contributed by atoms with E-state index in [1.54, 1.807) is 24.3 Å². The van der Waals surface area contributed by atoms with Crippen LogP contribution in [0.15, 0.2) is 54.6 Å². The van der Waals surface area contributed by atoms with Crippen LogP contribution in [0.1, 0.15) is 46.0 Å². The van der Waals surface area contributed by atoms with Gasteiger partial charge in [0.15, 0.2) is 0 Å². The molecule has 2 aromatic carbocycles. The maximum absolute atomic E-state index is 13.2. The van der Waals surface area contributed by atoms with Crippen molar-refractivity contribution in [2.45, 2.75) is 58.2 Å². The van der Waals surface area contributed by atoms with Crippen molar-refractivity contribution >= 4 is 17.7 Å². The minimum atomic E-state index is -0.710. The number of morpholine rings is 1. The molecule has 9 heteroatoms. The van der Waals surface area contributed by atoms with Crippen LogP contribution in [0.2, 0.25) is 0 Å². The number of para-hydroxylation sites is 1. The summed E-state index contributed by atoms with van der Waals surface area (Å²) in [6.45, 7) is 6.18. The van der Waals surface area contributed by atoms with Gasteiger partial charge in [-0.2, -0.15) is 0 Å². The Kier molecular flexibility index (Phi) is 8.87. The van der Waals surface area contributed by atoms with Crippen LogP contribution in [0.4, 0.5) is 10.5 Å². The Bertz CT molecular complexity index is 1190. The molecule has 2 amide bonds. The Morgan fingerprint density at radius 3 is 2.37 bits per heavy atom. The van der Waals surface area contributed by atoms with Crippen molar-refractivity contribution < 1.29 is 34.0 Å². The topological polar surface area (TPSA) is 118 Å². The highest BCUT2D eigenvalue weighted by atomic mass is 16.6. The summed E-state index contributed by atoms with van der Waals surface area (Å²) in [5.74, 6) is 1.17. The molecular weight excluding hydrogens is 524 g/mol. The molecule has 3 fully saturated rings. The summed E-state index contributed by atoms with van der Waals surface area (Å²) in [4.78, 5) is 28.0. The number of hydrogen-bond donors (Lipinski definition) is 3. The molecule has 1 heterocycles. The number of carbonyl (C=O) groups excluding carboxylic acids is 2. The average Bonchev–Trinajstić information content (AvgIpc) is 2.98. The summed E-state index contributed by atoms with van der Waals surface area (Å²) in [5.41, 5.74) is -0.510. The molecule has 0 radical (unpaired) electrons. The largest absolute Gasteiger partial charge is 0.457 e. The van der Waals surface area contributed by atoms with E-state index in [1.807, 2.05) is 42.2 Å². The van der Waals surface area contributed by atoms with E-state index in [-0.39, 0.29) is 36.2 Å². The molecule has 9 nitrogen and oxygen atoms in total. The Hall–Kier alpha value is -3.14. The summed E-state index contributed by atoms with van der Waals surface area (Å²) in [5, 5.41) is 24.6. The third-order valence-electron chi connectivity index (χ3n) is 9.76. The number of carbonyl (C=O) groups is 2. The Labute approximate surface area is 241 Å². The molecule has 6 atom stereocenters. The van der Waals surface area contributed by atoms with E-state index in [1.165, 1.54) is 0 Å². The van der Waals surface area contributed by atoms with E-state index >= 15 is 0 Å². The van der Waals surface area contributed by atoms with Gasteiger partial charge in [-0.1, -0.05) is 32.0 Å². The fourth-order valence-electron chi connectivity index (χ4n) is 7.42. The van der Waals surface area contributed by atoms with Gasteiger partial charge in [0.1, 0.15) is 17.6 Å². The SMILES string of the molecule is CC1(CO)C(OC(=O)Nc2ccc(Oc3ccccc3)cc2)CCC2(C)C(CC(=O)N3CCOCC3)C(O)CCC12. The summed E-state index contributed by atoms with van der Waals surface area (Å²) in [6.07, 6.45) is 1.08. The predicted octanol–water partition coefficient (Wildman–Crippen LogP) is 4.83. The lowest BCUT2D eigenvalue weighted by molar-refractivity contribution is -0.187. The van der Waals surface area contributed by atoms with Gasteiger partial charge in [0, 0.05) is 30.6 Å². The zero-order valence-electron chi connectivity index (χ0n) is 24.0. The number of fused-ring (bicyclic) bond motifs is 1. The minimum absolute atomic E-state index is 0.0214. The smallest absolute Gasteiger partial charge is 0.411 e. The van der Waals surface area contributed by atoms with E-state index in [2.05, 4.69) is 12.2 Å². The van der Waals surface area contributed by atoms with Crippen molar-refractivity contribution in [2.24, 2.45) is 22.7 Å². The highest BCUT2D eigenvalue weighted by Crippen LogP contribution is 2.61. The van der Waals surface area contributed by atoms with E-state index in [4.69, 9.17) is 14.2 Å². The Morgan fingerprint density at radius 2 is 1.68 bits per heavy atom. The first kappa shape index (κ1) is 29.4. The molecule has 2 saturated carbocycles. The first-order chi connectivity index (χ1) is 19.7. The highest BCUT2D eigenvalue weighted by Gasteiger charge is 2.60. The normalized spacial score (nSPS) is 31.6. The molecule has 6 unspecified atom stereocenters. The molecule has 3 N–H and O–H groups in total. The van der Waals surface area contributed by atoms with E-state index < -0.39 is 23.7 Å². The van der Waals surface area contributed by atoms with Crippen LogP contribution in [0.3, 0.4) is 0 Å². The lowest BCUT2D eigenvalue weighted by Crippen LogP contribution is -2.61. The third-order valence-corrected chi connectivity index (χ3v) is 9.76. The van der Waals surface area contributed by atoms with Crippen LogP contribution in [-0.4, -0.2) is 72.2 Å². The standard InChI is InChI=1S/C32H42N2O7/c1-31-15-14-28(41-30(38)33-22-8-10-24(11-9-22)40-23-6-4-3-5-7-23)32(2,21-35)27(31)13-12-26(36)25(31)20-29(37)34-16-18-39-19-17-34/h3-11,25-28,35-36H,12-21H2,1-2H3,(H,33,38). The van der Waals surface area contributed by atoms with Gasteiger partial charge in [-0.15, -0.1) is 0 Å². The van der Waals surface area contributed by atoms with Gasteiger partial charge in [-0.05, 0) is 79.3 Å². The number of aliphatic hydroxyl groups is 2. The van der Waals surface area contributed by atoms with Gasteiger partial charge in [0.25, 0.3) is 0 Å². The summed E-state index contributed by atoms with van der Waals surface area (Å²) < 4.78 is 17.2. The number of rotatable bonds is 7. The molecular formula is C32H42N2O7. The van der Waals surface area contributed by atoms with E-state index in [0.717, 1.165) is 5.75 Å². The van der Waals surface area contributed by atoms with Crippen molar-refractivity contribution in [1.29, 1.82) is 0 Å². The first-order valence-corrected chi connectivity index (χ1v) is 14.7. The molecule has 41 heavy (non-hydrogen) atoms. The third kappa shape index (κ3) is 6.22. The number of ether oxygens (including phenoxy) is 3. The van der Waals surface area contributed by atoms with Gasteiger partial charge in [0.05, 0.1) is 25.9 Å². The number of hydrogen-bond acceptors (Lipinski definition) is 7. The van der Waals surface area contributed by atoms with Gasteiger partial charge < -0.3 is 29.3 Å². The number of nitrogens with one attached hydrogen (secondary N) is 1. The van der Waals surface area contributed by atoms with Gasteiger partial charge in [-0.25, -0.2) is 4.79 Å². The van der Waals surface area contributed by atoms with Gasteiger partial charge >= 0.3 is 6.09 Å². The minimum Gasteiger partial charge on any atom is -0.457 e. The lowest BCUT2D eigenvalue weighted by atomic mass is 9.46. The second-order valence-corrected chi connectivity index (χ2v) is 12.2. The summed E-state index contributed by atoms with van der Waals surface area (Å²) in [7, 11) is 0. The Morgan fingerprint density at radius 1 is 1.00 bits per heavy atom. The maximum Gasteiger partial charge on any atom is 0.411 e. The van der Waals surface area contributed by atoms with Crippen LogP contribution in [0.5, 0.6) is 11.5 Å². The summed E-state index contributed by atoms with van der Waals surface area (Å²) in [6, 6.07) is 16.5. The zero-order valence-corrected chi connectivity index (χ0v) is 24.0. The monoisotopic (exact) mass is 566 g/mol.